The summed E-state index contributed by atoms with van der Waals surface area (Å²) in [6.07, 6.45) is 2.22. The number of benzene rings is 1. The zero-order valence-corrected chi connectivity index (χ0v) is 11.8. The Morgan fingerprint density at radius 1 is 1.26 bits per heavy atom. The first-order valence-electron chi connectivity index (χ1n) is 6.90. The van der Waals surface area contributed by atoms with Gasteiger partial charge in [0.1, 0.15) is 0 Å². The summed E-state index contributed by atoms with van der Waals surface area (Å²) in [5.41, 5.74) is 2.24. The Morgan fingerprint density at radius 2 is 1.89 bits per heavy atom. The van der Waals surface area contributed by atoms with E-state index in [1.165, 1.54) is 5.56 Å². The third kappa shape index (κ3) is 4.24. The molecule has 3 N–H and O–H groups in total. The fourth-order valence-corrected chi connectivity index (χ4v) is 2.31. The van der Waals surface area contributed by atoms with Gasteiger partial charge in [0.25, 0.3) is 0 Å². The van der Waals surface area contributed by atoms with Gasteiger partial charge in [-0.2, -0.15) is 0 Å². The van der Waals surface area contributed by atoms with Gasteiger partial charge in [0.05, 0.1) is 0 Å². The van der Waals surface area contributed by atoms with Gasteiger partial charge in [0.2, 0.25) is 0 Å². The van der Waals surface area contributed by atoms with Gasteiger partial charge >= 0.3 is 6.03 Å². The van der Waals surface area contributed by atoms with Gasteiger partial charge < -0.3 is 16.0 Å². The van der Waals surface area contributed by atoms with Gasteiger partial charge in [-0.3, -0.25) is 0 Å². The molecule has 4 nitrogen and oxygen atoms in total. The topological polar surface area (TPSA) is 53.2 Å². The van der Waals surface area contributed by atoms with Gasteiger partial charge in [-0.25, -0.2) is 4.79 Å². The molecule has 0 spiro atoms. The quantitative estimate of drug-likeness (QED) is 0.783. The van der Waals surface area contributed by atoms with Crippen LogP contribution in [0.5, 0.6) is 0 Å². The second-order valence-electron chi connectivity index (χ2n) is 5.73. The van der Waals surface area contributed by atoms with Crippen molar-refractivity contribution in [2.75, 3.05) is 25.0 Å². The summed E-state index contributed by atoms with van der Waals surface area (Å²) >= 11 is 0. The minimum Gasteiger partial charge on any atom is -0.337 e. The van der Waals surface area contributed by atoms with Crippen LogP contribution in [0.4, 0.5) is 10.5 Å². The Hall–Kier alpha value is -1.55. The average Bonchev–Trinajstić information content (AvgIpc) is 2.40. The highest BCUT2D eigenvalue weighted by molar-refractivity contribution is 5.89. The molecule has 4 heteroatoms. The second kappa shape index (κ2) is 6.06. The normalized spacial score (nSPS) is 17.8. The standard InChI is InChI=1S/C15H23N3O/c1-12-3-5-13(6-4-12)18-14(19)17-11-15(2)7-9-16-10-8-15/h3-6,16H,7-11H2,1-2H3,(H2,17,18,19). The molecule has 1 saturated heterocycles. The summed E-state index contributed by atoms with van der Waals surface area (Å²) in [7, 11) is 0. The van der Waals surface area contributed by atoms with E-state index < -0.39 is 0 Å². The molecule has 0 radical (unpaired) electrons. The predicted octanol–water partition coefficient (Wildman–Crippen LogP) is 2.51. The lowest BCUT2D eigenvalue weighted by molar-refractivity contribution is 0.213. The van der Waals surface area contributed by atoms with E-state index in [0.29, 0.717) is 0 Å². The fourth-order valence-electron chi connectivity index (χ4n) is 2.31. The zero-order valence-electron chi connectivity index (χ0n) is 11.8. The molecular weight excluding hydrogens is 238 g/mol. The van der Waals surface area contributed by atoms with E-state index in [1.807, 2.05) is 31.2 Å². The molecule has 1 aliphatic heterocycles. The first kappa shape index (κ1) is 13.9. The number of carbonyl (C=O) groups excluding carboxylic acids is 1. The van der Waals surface area contributed by atoms with Crippen molar-refractivity contribution < 1.29 is 4.79 Å². The van der Waals surface area contributed by atoms with Gasteiger partial charge in [-0.15, -0.1) is 0 Å². The summed E-state index contributed by atoms with van der Waals surface area (Å²) in [6.45, 7) is 7.07. The number of hydrogen-bond acceptors (Lipinski definition) is 2. The number of amides is 2. The lowest BCUT2D eigenvalue weighted by Gasteiger charge is -2.34. The van der Waals surface area contributed by atoms with Crippen molar-refractivity contribution in [1.82, 2.24) is 10.6 Å². The molecule has 0 bridgehead atoms. The van der Waals surface area contributed by atoms with Gasteiger partial charge in [0, 0.05) is 12.2 Å². The second-order valence-corrected chi connectivity index (χ2v) is 5.73. The number of urea groups is 1. The Morgan fingerprint density at radius 3 is 2.53 bits per heavy atom. The summed E-state index contributed by atoms with van der Waals surface area (Å²) < 4.78 is 0. The van der Waals surface area contributed by atoms with E-state index in [1.54, 1.807) is 0 Å². The highest BCUT2D eigenvalue weighted by Gasteiger charge is 2.26. The number of aryl methyl sites for hydroxylation is 1. The molecule has 2 amide bonds. The molecule has 0 atom stereocenters. The van der Waals surface area contributed by atoms with Crippen LogP contribution in [0.3, 0.4) is 0 Å². The van der Waals surface area contributed by atoms with Crippen LogP contribution in [-0.2, 0) is 0 Å². The van der Waals surface area contributed by atoms with Crippen LogP contribution in [0, 0.1) is 12.3 Å². The van der Waals surface area contributed by atoms with Crippen LogP contribution in [-0.4, -0.2) is 25.7 Å². The first-order chi connectivity index (χ1) is 9.07. The Bertz CT molecular complexity index is 422. The molecule has 2 rings (SSSR count). The zero-order chi connectivity index (χ0) is 13.7. The molecule has 1 aromatic carbocycles. The summed E-state index contributed by atoms with van der Waals surface area (Å²) in [5.74, 6) is 0. The summed E-state index contributed by atoms with van der Waals surface area (Å²) in [4.78, 5) is 11.8. The van der Waals surface area contributed by atoms with E-state index in [0.717, 1.165) is 38.2 Å². The molecular formula is C15H23N3O. The molecule has 0 saturated carbocycles. The largest absolute Gasteiger partial charge is 0.337 e. The van der Waals surface area contributed by atoms with Gasteiger partial charge in [-0.05, 0) is 50.4 Å². The molecule has 1 aliphatic rings. The number of rotatable bonds is 3. The van der Waals surface area contributed by atoms with Crippen molar-refractivity contribution in [1.29, 1.82) is 0 Å². The third-order valence-corrected chi connectivity index (χ3v) is 3.80. The number of piperidine rings is 1. The summed E-state index contributed by atoms with van der Waals surface area (Å²) in [6, 6.07) is 7.69. The van der Waals surface area contributed by atoms with Crippen LogP contribution in [0.25, 0.3) is 0 Å². The summed E-state index contributed by atoms with van der Waals surface area (Å²) in [5, 5.41) is 9.18. The maximum atomic E-state index is 11.8. The van der Waals surface area contributed by atoms with E-state index in [4.69, 9.17) is 0 Å². The van der Waals surface area contributed by atoms with Crippen molar-refractivity contribution in [3.05, 3.63) is 29.8 Å². The van der Waals surface area contributed by atoms with Crippen LogP contribution in [0.15, 0.2) is 24.3 Å². The molecule has 104 valence electrons. The van der Waals surface area contributed by atoms with Crippen LogP contribution >= 0.6 is 0 Å². The molecule has 0 aliphatic carbocycles. The molecule has 19 heavy (non-hydrogen) atoms. The van der Waals surface area contributed by atoms with E-state index in [9.17, 15) is 4.79 Å². The fraction of sp³-hybridized carbons (Fsp3) is 0.533. The Labute approximate surface area is 115 Å². The molecule has 0 aromatic heterocycles. The van der Waals surface area contributed by atoms with Crippen molar-refractivity contribution in [3.63, 3.8) is 0 Å². The number of hydrogen-bond donors (Lipinski definition) is 3. The highest BCUT2D eigenvalue weighted by atomic mass is 16.2. The number of anilines is 1. The minimum absolute atomic E-state index is 0.122. The SMILES string of the molecule is Cc1ccc(NC(=O)NCC2(C)CCNCC2)cc1. The van der Waals surface area contributed by atoms with E-state index in [-0.39, 0.29) is 11.4 Å². The predicted molar refractivity (Wildman–Crippen MR) is 78.4 cm³/mol. The van der Waals surface area contributed by atoms with Crippen LogP contribution in [0.2, 0.25) is 0 Å². The Kier molecular flexibility index (Phi) is 4.43. The minimum atomic E-state index is -0.122. The van der Waals surface area contributed by atoms with Gasteiger partial charge in [0.15, 0.2) is 0 Å². The van der Waals surface area contributed by atoms with Crippen molar-refractivity contribution in [2.45, 2.75) is 26.7 Å². The Balaban J connectivity index is 1.79. The lowest BCUT2D eigenvalue weighted by Crippen LogP contribution is -2.43. The van der Waals surface area contributed by atoms with E-state index >= 15 is 0 Å². The number of nitrogens with one attached hydrogen (secondary N) is 3. The smallest absolute Gasteiger partial charge is 0.319 e. The lowest BCUT2D eigenvalue weighted by atomic mass is 9.81. The highest BCUT2D eigenvalue weighted by Crippen LogP contribution is 2.26. The maximum Gasteiger partial charge on any atom is 0.319 e. The number of carbonyl (C=O) groups is 1. The van der Waals surface area contributed by atoms with E-state index in [2.05, 4.69) is 22.9 Å². The molecule has 1 aromatic rings. The van der Waals surface area contributed by atoms with Crippen molar-refractivity contribution >= 4 is 11.7 Å². The third-order valence-electron chi connectivity index (χ3n) is 3.80. The monoisotopic (exact) mass is 261 g/mol. The van der Waals surface area contributed by atoms with Crippen molar-refractivity contribution in [2.24, 2.45) is 5.41 Å². The molecule has 1 heterocycles. The average molecular weight is 261 g/mol. The van der Waals surface area contributed by atoms with Gasteiger partial charge in [-0.1, -0.05) is 24.6 Å². The van der Waals surface area contributed by atoms with Crippen LogP contribution in [0.1, 0.15) is 25.3 Å². The first-order valence-corrected chi connectivity index (χ1v) is 6.90. The van der Waals surface area contributed by atoms with Crippen LogP contribution < -0.4 is 16.0 Å². The van der Waals surface area contributed by atoms with Crippen molar-refractivity contribution in [3.8, 4) is 0 Å². The maximum absolute atomic E-state index is 11.8. The molecule has 0 unspecified atom stereocenters. The molecule has 1 fully saturated rings.